The number of carbonyl (C=O) groups excluding carboxylic acids is 1. The maximum absolute atomic E-state index is 13.0. The van der Waals surface area contributed by atoms with Gasteiger partial charge in [0.05, 0.1) is 23.5 Å². The number of rotatable bonds is 8. The normalized spacial score (nSPS) is 11.5. The molecule has 0 aliphatic heterocycles. The van der Waals surface area contributed by atoms with Crippen LogP contribution in [0.5, 0.6) is 0 Å². The highest BCUT2D eigenvalue weighted by Gasteiger charge is 2.32. The number of alkyl halides is 3. The molecule has 8 heteroatoms. The fraction of sp³-hybridized carbons (Fsp3) is 0.318. The number of benzene rings is 2. The number of nitrogens with zero attached hydrogens (tertiary/aromatic N) is 3. The molecule has 0 N–H and O–H groups in total. The van der Waals surface area contributed by atoms with Gasteiger partial charge in [-0.1, -0.05) is 12.6 Å². The van der Waals surface area contributed by atoms with Crippen LogP contribution in [0.1, 0.15) is 25.0 Å². The van der Waals surface area contributed by atoms with Crippen LogP contribution in [0.25, 0.3) is 0 Å². The molecular weight excluding hydrogens is 395 g/mol. The first-order valence-electron chi connectivity index (χ1n) is 9.39. The molecule has 30 heavy (non-hydrogen) atoms. The van der Waals surface area contributed by atoms with Gasteiger partial charge in [0.1, 0.15) is 6.61 Å². The second-order valence-electron chi connectivity index (χ2n) is 6.71. The van der Waals surface area contributed by atoms with E-state index >= 15 is 0 Å². The van der Waals surface area contributed by atoms with Crippen molar-refractivity contribution in [1.82, 2.24) is 0 Å². The van der Waals surface area contributed by atoms with E-state index in [1.807, 2.05) is 24.0 Å². The molecule has 2 aromatic rings. The van der Waals surface area contributed by atoms with Crippen molar-refractivity contribution in [2.24, 2.45) is 10.2 Å². The summed E-state index contributed by atoms with van der Waals surface area (Å²) in [6, 6.07) is 11.0. The van der Waals surface area contributed by atoms with Crippen LogP contribution in [0.2, 0.25) is 0 Å². The van der Waals surface area contributed by atoms with Crippen molar-refractivity contribution in [3.8, 4) is 0 Å². The minimum Gasteiger partial charge on any atom is -0.460 e. The van der Waals surface area contributed by atoms with Crippen LogP contribution in [0.4, 0.5) is 30.2 Å². The molecule has 0 aliphatic carbocycles. The number of aryl methyl sites for hydroxylation is 1. The number of anilines is 1. The molecule has 0 fully saturated rings. The van der Waals surface area contributed by atoms with E-state index in [2.05, 4.69) is 16.8 Å². The summed E-state index contributed by atoms with van der Waals surface area (Å²) in [5, 5.41) is 7.94. The van der Waals surface area contributed by atoms with Crippen molar-refractivity contribution in [3.63, 3.8) is 0 Å². The average molecular weight is 419 g/mol. The summed E-state index contributed by atoms with van der Waals surface area (Å²) < 4.78 is 44.1. The summed E-state index contributed by atoms with van der Waals surface area (Å²) in [5.41, 5.74) is 1.31. The van der Waals surface area contributed by atoms with E-state index in [4.69, 9.17) is 4.74 Å². The summed E-state index contributed by atoms with van der Waals surface area (Å²) in [6.45, 7) is 9.96. The summed E-state index contributed by atoms with van der Waals surface area (Å²) in [6.07, 6.45) is -4.43. The molecule has 0 radical (unpaired) electrons. The molecule has 2 rings (SSSR count). The number of halogens is 3. The molecule has 0 saturated carbocycles. The van der Waals surface area contributed by atoms with Gasteiger partial charge in [-0.2, -0.15) is 23.4 Å². The lowest BCUT2D eigenvalue weighted by molar-refractivity contribution is -0.139. The zero-order valence-corrected chi connectivity index (χ0v) is 17.2. The number of azo groups is 1. The predicted molar refractivity (Wildman–Crippen MR) is 110 cm³/mol. The lowest BCUT2D eigenvalue weighted by atomic mass is 10.1. The van der Waals surface area contributed by atoms with Gasteiger partial charge in [0.2, 0.25) is 0 Å². The number of hydrogen-bond acceptors (Lipinski definition) is 5. The van der Waals surface area contributed by atoms with Gasteiger partial charge in [-0.05, 0) is 62.7 Å². The fourth-order valence-corrected chi connectivity index (χ4v) is 2.66. The summed E-state index contributed by atoms with van der Waals surface area (Å²) in [7, 11) is 0. The maximum atomic E-state index is 13.0. The Labute approximate surface area is 173 Å². The van der Waals surface area contributed by atoms with Crippen LogP contribution in [0, 0.1) is 6.92 Å². The maximum Gasteiger partial charge on any atom is 0.416 e. The molecule has 0 bridgehead atoms. The van der Waals surface area contributed by atoms with Gasteiger partial charge in [-0.3, -0.25) is 0 Å². The lowest BCUT2D eigenvalue weighted by Crippen LogP contribution is -2.28. The van der Waals surface area contributed by atoms with Gasteiger partial charge >= 0.3 is 12.1 Å². The number of ether oxygens (including phenoxy) is 1. The first-order valence-corrected chi connectivity index (χ1v) is 9.39. The Morgan fingerprint density at radius 3 is 2.27 bits per heavy atom. The van der Waals surface area contributed by atoms with Crippen LogP contribution in [0.3, 0.4) is 0 Å². The van der Waals surface area contributed by atoms with E-state index < -0.39 is 17.7 Å². The van der Waals surface area contributed by atoms with Gasteiger partial charge in [-0.15, -0.1) is 0 Å². The second kappa shape index (κ2) is 10.0. The monoisotopic (exact) mass is 419 g/mol. The fourth-order valence-electron chi connectivity index (χ4n) is 2.66. The van der Waals surface area contributed by atoms with Crippen molar-refractivity contribution in [2.45, 2.75) is 26.9 Å². The van der Waals surface area contributed by atoms with Crippen LogP contribution in [0.15, 0.2) is 64.8 Å². The van der Waals surface area contributed by atoms with E-state index in [0.717, 1.165) is 11.8 Å². The zero-order chi connectivity index (χ0) is 22.3. The first-order chi connectivity index (χ1) is 14.1. The van der Waals surface area contributed by atoms with E-state index in [0.29, 0.717) is 24.4 Å². The number of esters is 1. The van der Waals surface area contributed by atoms with E-state index in [1.54, 1.807) is 19.1 Å². The van der Waals surface area contributed by atoms with Gasteiger partial charge < -0.3 is 9.64 Å². The molecule has 0 aromatic heterocycles. The van der Waals surface area contributed by atoms with Gasteiger partial charge in [-0.25, -0.2) is 4.79 Å². The number of carbonyl (C=O) groups is 1. The summed E-state index contributed by atoms with van der Waals surface area (Å²) in [4.78, 5) is 13.5. The number of hydrogen-bond donors (Lipinski definition) is 0. The molecule has 0 atom stereocenters. The highest BCUT2D eigenvalue weighted by Crippen LogP contribution is 2.34. The zero-order valence-electron chi connectivity index (χ0n) is 17.2. The van der Waals surface area contributed by atoms with Crippen molar-refractivity contribution in [2.75, 3.05) is 24.6 Å². The Hall–Kier alpha value is -3.16. The van der Waals surface area contributed by atoms with E-state index in [9.17, 15) is 18.0 Å². The summed E-state index contributed by atoms with van der Waals surface area (Å²) >= 11 is 0. The first kappa shape index (κ1) is 23.1. The third-order valence-electron chi connectivity index (χ3n) is 4.35. The Morgan fingerprint density at radius 1 is 1.10 bits per heavy atom. The molecule has 160 valence electrons. The molecule has 0 heterocycles. The molecule has 0 spiro atoms. The smallest absolute Gasteiger partial charge is 0.416 e. The standard InChI is InChI=1S/C22H24F3N3O2/c1-5-28(12-13-30-21(29)15(2)3)19-10-8-17(9-11-19)26-27-18-7-6-16(4)20(14-18)22(23,24)25/h6-11,14H,2,5,12-13H2,1,3-4H3. The quantitative estimate of drug-likeness (QED) is 0.284. The van der Waals surface area contributed by atoms with Gasteiger partial charge in [0, 0.05) is 17.8 Å². The molecule has 0 aliphatic rings. The Morgan fingerprint density at radius 2 is 1.70 bits per heavy atom. The van der Waals surface area contributed by atoms with Crippen molar-refractivity contribution < 1.29 is 22.7 Å². The Balaban J connectivity index is 2.04. The van der Waals surface area contributed by atoms with Crippen molar-refractivity contribution in [3.05, 3.63) is 65.7 Å². The topological polar surface area (TPSA) is 54.3 Å². The van der Waals surface area contributed by atoms with Crippen LogP contribution >= 0.6 is 0 Å². The second-order valence-corrected chi connectivity index (χ2v) is 6.71. The van der Waals surface area contributed by atoms with E-state index in [1.165, 1.54) is 19.1 Å². The molecule has 5 nitrogen and oxygen atoms in total. The van der Waals surface area contributed by atoms with Crippen LogP contribution < -0.4 is 4.90 Å². The minimum atomic E-state index is -4.43. The van der Waals surface area contributed by atoms with Crippen molar-refractivity contribution >= 4 is 23.0 Å². The average Bonchev–Trinajstić information content (AvgIpc) is 2.70. The lowest BCUT2D eigenvalue weighted by Gasteiger charge is -2.22. The number of likely N-dealkylation sites (N-methyl/N-ethyl adjacent to an activating group) is 1. The Bertz CT molecular complexity index is 922. The summed E-state index contributed by atoms with van der Waals surface area (Å²) in [5.74, 6) is -0.424. The predicted octanol–water partition coefficient (Wildman–Crippen LogP) is 6.37. The molecule has 0 amide bonds. The van der Waals surface area contributed by atoms with Crippen molar-refractivity contribution in [1.29, 1.82) is 0 Å². The SMILES string of the molecule is C=C(C)C(=O)OCCN(CC)c1ccc(N=Nc2ccc(C)c(C(F)(F)F)c2)cc1. The molecule has 0 saturated heterocycles. The van der Waals surface area contributed by atoms with E-state index in [-0.39, 0.29) is 17.9 Å². The molecule has 0 unspecified atom stereocenters. The van der Waals surface area contributed by atoms with Crippen LogP contribution in [-0.2, 0) is 15.7 Å². The Kier molecular flexibility index (Phi) is 7.74. The van der Waals surface area contributed by atoms with Crippen LogP contribution in [-0.4, -0.2) is 25.7 Å². The minimum absolute atomic E-state index is 0.131. The highest BCUT2D eigenvalue weighted by molar-refractivity contribution is 5.86. The third-order valence-corrected chi connectivity index (χ3v) is 4.35. The highest BCUT2D eigenvalue weighted by atomic mass is 19.4. The molecular formula is C22H24F3N3O2. The van der Waals surface area contributed by atoms with Gasteiger partial charge in [0.25, 0.3) is 0 Å². The largest absolute Gasteiger partial charge is 0.460 e. The molecule has 2 aromatic carbocycles. The van der Waals surface area contributed by atoms with Gasteiger partial charge in [0.15, 0.2) is 0 Å². The third kappa shape index (κ3) is 6.43.